The Kier molecular flexibility index (Phi) is 6.04. The van der Waals surface area contributed by atoms with E-state index in [9.17, 15) is 13.5 Å². The van der Waals surface area contributed by atoms with Crippen LogP contribution in [0.4, 0.5) is 0 Å². The molecule has 0 amide bonds. The average molecular weight is 501 g/mol. The van der Waals surface area contributed by atoms with E-state index in [-0.39, 0.29) is 16.7 Å². The molecule has 0 bridgehead atoms. The summed E-state index contributed by atoms with van der Waals surface area (Å²) in [5.74, 6) is -0.574. The SMILES string of the molecule is Cc1ccc(S(=O)(=O)N[C@H](C2C=CC=C2Br)[C@@H](O)C2C=CC=C2Br)cc1. The van der Waals surface area contributed by atoms with Crippen molar-refractivity contribution in [3.05, 3.63) is 75.2 Å². The first kappa shape index (κ1) is 19.8. The molecule has 0 radical (unpaired) electrons. The number of benzene rings is 1. The molecule has 138 valence electrons. The number of allylic oxidation sites excluding steroid dienone is 4. The Morgan fingerprint density at radius 2 is 1.54 bits per heavy atom. The first-order valence-electron chi connectivity index (χ1n) is 8.14. The molecule has 7 heteroatoms. The fourth-order valence-electron chi connectivity index (χ4n) is 3.05. The standard InChI is InChI=1S/C19H19Br2NO3S/c1-12-8-10-13(11-9-12)26(24,25)22-18(14-4-2-6-16(14)20)19(23)15-5-3-7-17(15)21/h2-11,14-15,18-19,22-23H,1H3/t14?,15?,18-,19+/m1/s1. The Morgan fingerprint density at radius 1 is 1.00 bits per heavy atom. The van der Waals surface area contributed by atoms with Gasteiger partial charge in [0, 0.05) is 20.8 Å². The van der Waals surface area contributed by atoms with Crippen LogP contribution in [0.3, 0.4) is 0 Å². The minimum Gasteiger partial charge on any atom is -0.390 e. The van der Waals surface area contributed by atoms with Crippen molar-refractivity contribution in [1.29, 1.82) is 0 Å². The third-order valence-electron chi connectivity index (χ3n) is 4.53. The molecule has 4 atom stereocenters. The van der Waals surface area contributed by atoms with Gasteiger partial charge in [0.25, 0.3) is 0 Å². The molecule has 0 fully saturated rings. The van der Waals surface area contributed by atoms with Crippen LogP contribution in [0.15, 0.2) is 74.6 Å². The molecule has 2 aliphatic rings. The van der Waals surface area contributed by atoms with E-state index in [1.165, 1.54) is 0 Å². The quantitative estimate of drug-likeness (QED) is 0.621. The summed E-state index contributed by atoms with van der Waals surface area (Å²) in [4.78, 5) is 0.180. The number of sulfonamides is 1. The van der Waals surface area contributed by atoms with E-state index in [1.54, 1.807) is 24.3 Å². The lowest BCUT2D eigenvalue weighted by Gasteiger charge is -2.32. The molecule has 2 N–H and O–H groups in total. The van der Waals surface area contributed by atoms with Gasteiger partial charge in [0.2, 0.25) is 10.0 Å². The van der Waals surface area contributed by atoms with Crippen molar-refractivity contribution >= 4 is 41.9 Å². The zero-order valence-corrected chi connectivity index (χ0v) is 18.0. The highest BCUT2D eigenvalue weighted by Gasteiger charge is 2.38. The zero-order chi connectivity index (χ0) is 18.9. The fourth-order valence-corrected chi connectivity index (χ4v) is 5.49. The van der Waals surface area contributed by atoms with Gasteiger partial charge in [-0.2, -0.15) is 0 Å². The van der Waals surface area contributed by atoms with Gasteiger partial charge in [-0.3, -0.25) is 0 Å². The number of aliphatic hydroxyl groups is 1. The third-order valence-corrected chi connectivity index (χ3v) is 7.59. The van der Waals surface area contributed by atoms with Crippen molar-refractivity contribution < 1.29 is 13.5 Å². The van der Waals surface area contributed by atoms with Crippen LogP contribution in [0.5, 0.6) is 0 Å². The number of hydrogen-bond acceptors (Lipinski definition) is 3. The zero-order valence-electron chi connectivity index (χ0n) is 14.0. The second kappa shape index (κ2) is 7.94. The first-order valence-corrected chi connectivity index (χ1v) is 11.2. The van der Waals surface area contributed by atoms with Crippen LogP contribution in [-0.4, -0.2) is 25.7 Å². The number of nitrogens with one attached hydrogen (secondary N) is 1. The summed E-state index contributed by atoms with van der Waals surface area (Å²) < 4.78 is 30.2. The summed E-state index contributed by atoms with van der Waals surface area (Å²) in [6, 6.07) is 5.93. The van der Waals surface area contributed by atoms with E-state index in [0.717, 1.165) is 14.5 Å². The summed E-state index contributed by atoms with van der Waals surface area (Å²) >= 11 is 6.93. The lowest BCUT2D eigenvalue weighted by atomic mass is 9.89. The van der Waals surface area contributed by atoms with Crippen LogP contribution in [0.2, 0.25) is 0 Å². The highest BCUT2D eigenvalue weighted by atomic mass is 79.9. The van der Waals surface area contributed by atoms with Crippen molar-refractivity contribution in [2.45, 2.75) is 24.0 Å². The average Bonchev–Trinajstić information content (AvgIpc) is 3.21. The van der Waals surface area contributed by atoms with Crippen molar-refractivity contribution in [2.75, 3.05) is 0 Å². The summed E-state index contributed by atoms with van der Waals surface area (Å²) in [5.41, 5.74) is 0.982. The highest BCUT2D eigenvalue weighted by molar-refractivity contribution is 9.12. The van der Waals surface area contributed by atoms with Crippen LogP contribution in [0, 0.1) is 18.8 Å². The van der Waals surface area contributed by atoms with Gasteiger partial charge in [0.1, 0.15) is 0 Å². The number of aliphatic hydroxyl groups excluding tert-OH is 1. The molecule has 0 aliphatic heterocycles. The molecule has 1 aromatic carbocycles. The summed E-state index contributed by atoms with van der Waals surface area (Å²) in [5, 5.41) is 11.0. The van der Waals surface area contributed by atoms with E-state index in [2.05, 4.69) is 36.6 Å². The molecule has 4 nitrogen and oxygen atoms in total. The molecule has 0 aromatic heterocycles. The van der Waals surface area contributed by atoms with E-state index < -0.39 is 22.2 Å². The second-order valence-electron chi connectivity index (χ2n) is 6.38. The lowest BCUT2D eigenvalue weighted by Crippen LogP contribution is -2.50. The fraction of sp³-hybridized carbons (Fsp3) is 0.263. The van der Waals surface area contributed by atoms with Gasteiger partial charge >= 0.3 is 0 Å². The largest absolute Gasteiger partial charge is 0.390 e. The van der Waals surface area contributed by atoms with Crippen molar-refractivity contribution in [2.24, 2.45) is 11.8 Å². The summed E-state index contributed by atoms with van der Waals surface area (Å²) in [7, 11) is -3.78. The minimum absolute atomic E-state index is 0.180. The molecule has 0 spiro atoms. The highest BCUT2D eigenvalue weighted by Crippen LogP contribution is 2.36. The smallest absolute Gasteiger partial charge is 0.240 e. The van der Waals surface area contributed by atoms with Gasteiger partial charge in [-0.25, -0.2) is 13.1 Å². The van der Waals surface area contributed by atoms with Gasteiger partial charge in [-0.15, -0.1) is 0 Å². The van der Waals surface area contributed by atoms with Gasteiger partial charge in [-0.05, 0) is 19.1 Å². The van der Waals surface area contributed by atoms with Gasteiger partial charge in [-0.1, -0.05) is 86.0 Å². The Morgan fingerprint density at radius 3 is 2.04 bits per heavy atom. The molecule has 26 heavy (non-hydrogen) atoms. The van der Waals surface area contributed by atoms with Gasteiger partial charge in [0.05, 0.1) is 17.0 Å². The lowest BCUT2D eigenvalue weighted by molar-refractivity contribution is 0.103. The van der Waals surface area contributed by atoms with E-state index >= 15 is 0 Å². The number of aryl methyl sites for hydroxylation is 1. The molecule has 0 heterocycles. The minimum atomic E-state index is -3.78. The van der Waals surface area contributed by atoms with Gasteiger partial charge in [0.15, 0.2) is 0 Å². The maximum absolute atomic E-state index is 12.9. The van der Waals surface area contributed by atoms with Crippen molar-refractivity contribution in [3.63, 3.8) is 0 Å². The molecule has 1 aromatic rings. The van der Waals surface area contributed by atoms with E-state index in [1.807, 2.05) is 43.4 Å². The van der Waals surface area contributed by atoms with Crippen LogP contribution < -0.4 is 4.72 Å². The molecule has 0 saturated carbocycles. The molecule has 3 rings (SSSR count). The Bertz CT molecular complexity index is 901. The number of hydrogen-bond donors (Lipinski definition) is 2. The molecule has 0 saturated heterocycles. The Hall–Kier alpha value is -0.990. The summed E-state index contributed by atoms with van der Waals surface area (Å²) in [6.07, 6.45) is 10.2. The van der Waals surface area contributed by atoms with Crippen LogP contribution in [-0.2, 0) is 10.0 Å². The first-order chi connectivity index (χ1) is 12.3. The van der Waals surface area contributed by atoms with Crippen molar-refractivity contribution in [3.8, 4) is 0 Å². The monoisotopic (exact) mass is 499 g/mol. The van der Waals surface area contributed by atoms with Gasteiger partial charge < -0.3 is 5.11 Å². The predicted molar refractivity (Wildman–Crippen MR) is 111 cm³/mol. The number of halogens is 2. The number of rotatable bonds is 6. The Balaban J connectivity index is 1.92. The predicted octanol–water partition coefficient (Wildman–Crippen LogP) is 3.93. The molecular weight excluding hydrogens is 482 g/mol. The van der Waals surface area contributed by atoms with E-state index in [0.29, 0.717) is 0 Å². The van der Waals surface area contributed by atoms with Crippen LogP contribution >= 0.6 is 31.9 Å². The molecule has 2 unspecified atom stereocenters. The molecular formula is C19H19Br2NO3S. The maximum atomic E-state index is 12.9. The van der Waals surface area contributed by atoms with Crippen LogP contribution in [0.1, 0.15) is 5.56 Å². The van der Waals surface area contributed by atoms with Crippen molar-refractivity contribution in [1.82, 2.24) is 4.72 Å². The van der Waals surface area contributed by atoms with E-state index in [4.69, 9.17) is 0 Å². The maximum Gasteiger partial charge on any atom is 0.240 e. The normalized spacial score (nSPS) is 24.5. The Labute approximate surface area is 170 Å². The molecule has 2 aliphatic carbocycles. The topological polar surface area (TPSA) is 66.4 Å². The summed E-state index contributed by atoms with van der Waals surface area (Å²) in [6.45, 7) is 1.90. The second-order valence-corrected chi connectivity index (χ2v) is 9.92. The van der Waals surface area contributed by atoms with Crippen LogP contribution in [0.25, 0.3) is 0 Å². The third kappa shape index (κ3) is 4.12.